The third kappa shape index (κ3) is 5.59. The summed E-state index contributed by atoms with van der Waals surface area (Å²) in [5, 5.41) is 3.37. The summed E-state index contributed by atoms with van der Waals surface area (Å²) in [6.45, 7) is -0.0667. The van der Waals surface area contributed by atoms with Crippen molar-refractivity contribution < 1.29 is 18.0 Å². The maximum absolute atomic E-state index is 12.6. The Hall–Kier alpha value is -3.07. The molecule has 3 aromatic rings. The second-order valence-electron chi connectivity index (χ2n) is 6.92. The van der Waals surface area contributed by atoms with Crippen molar-refractivity contribution in [3.05, 3.63) is 93.5 Å². The first-order chi connectivity index (χ1) is 15.1. The lowest BCUT2D eigenvalue weighted by atomic mass is 10.1. The van der Waals surface area contributed by atoms with Gasteiger partial charge in [-0.25, -0.2) is 8.42 Å². The molecule has 0 saturated carbocycles. The Labute approximate surface area is 195 Å². The molecule has 32 heavy (non-hydrogen) atoms. The van der Waals surface area contributed by atoms with E-state index >= 15 is 0 Å². The quantitative estimate of drug-likeness (QED) is 0.512. The van der Waals surface area contributed by atoms with Gasteiger partial charge in [-0.1, -0.05) is 35.3 Å². The second-order valence-corrected chi connectivity index (χ2v) is 9.64. The van der Waals surface area contributed by atoms with E-state index < -0.39 is 21.8 Å². The van der Waals surface area contributed by atoms with Gasteiger partial charge >= 0.3 is 0 Å². The smallest absolute Gasteiger partial charge is 0.255 e. The van der Waals surface area contributed by atoms with Crippen LogP contribution in [0.15, 0.2) is 66.7 Å². The number of carbonyl (C=O) groups excluding carboxylic acids is 2. The number of carbonyl (C=O) groups is 2. The van der Waals surface area contributed by atoms with Crippen LogP contribution in [0.5, 0.6) is 0 Å². The van der Waals surface area contributed by atoms with Crippen molar-refractivity contribution in [2.45, 2.75) is 6.54 Å². The maximum atomic E-state index is 12.6. The van der Waals surface area contributed by atoms with E-state index in [1.54, 1.807) is 30.3 Å². The molecule has 0 atom stereocenters. The van der Waals surface area contributed by atoms with Crippen molar-refractivity contribution >= 4 is 56.4 Å². The number of sulfonamides is 1. The van der Waals surface area contributed by atoms with Gasteiger partial charge in [-0.15, -0.1) is 0 Å². The van der Waals surface area contributed by atoms with E-state index in [0.29, 0.717) is 32.5 Å². The lowest BCUT2D eigenvalue weighted by molar-refractivity contribution is 0.0996. The van der Waals surface area contributed by atoms with Crippen LogP contribution in [0.3, 0.4) is 0 Å². The molecule has 3 N–H and O–H groups in total. The van der Waals surface area contributed by atoms with Gasteiger partial charge in [-0.2, -0.15) is 0 Å². The highest BCUT2D eigenvalue weighted by Crippen LogP contribution is 2.29. The summed E-state index contributed by atoms with van der Waals surface area (Å²) >= 11 is 12.4. The summed E-state index contributed by atoms with van der Waals surface area (Å²) in [6.07, 6.45) is 1.07. The highest BCUT2D eigenvalue weighted by Gasteiger charge is 2.21. The van der Waals surface area contributed by atoms with Crippen LogP contribution in [-0.2, 0) is 16.6 Å². The first kappa shape index (κ1) is 23.6. The van der Waals surface area contributed by atoms with Crippen LogP contribution in [0.2, 0.25) is 10.0 Å². The first-order valence-electron chi connectivity index (χ1n) is 9.28. The van der Waals surface area contributed by atoms with Gasteiger partial charge in [-0.05, 0) is 54.6 Å². The average molecular weight is 492 g/mol. The Kier molecular flexibility index (Phi) is 7.08. The van der Waals surface area contributed by atoms with Crippen molar-refractivity contribution in [3.8, 4) is 0 Å². The molecule has 2 amide bonds. The minimum Gasteiger partial charge on any atom is -0.366 e. The fourth-order valence-corrected chi connectivity index (χ4v) is 4.34. The predicted molar refractivity (Wildman–Crippen MR) is 127 cm³/mol. The number of halogens is 2. The molecule has 0 aliphatic carbocycles. The van der Waals surface area contributed by atoms with Gasteiger partial charge in [0.05, 0.1) is 18.5 Å². The standard InChI is InChI=1S/C22H19Cl2N3O4S/c1-32(30,31)27(13-18-19(23)6-3-7-20(18)24)17-10-8-14(9-11-17)22(29)26-16-5-2-4-15(12-16)21(25)28/h2-12H,13H2,1H3,(H2,25,28)(H,26,29). The van der Waals surface area contributed by atoms with Crippen molar-refractivity contribution in [1.29, 1.82) is 0 Å². The zero-order chi connectivity index (χ0) is 23.5. The minimum atomic E-state index is -3.67. The number of anilines is 2. The molecule has 0 aliphatic rings. The largest absolute Gasteiger partial charge is 0.366 e. The Morgan fingerprint density at radius 3 is 2.09 bits per heavy atom. The summed E-state index contributed by atoms with van der Waals surface area (Å²) in [5.41, 5.74) is 7.03. The molecular weight excluding hydrogens is 473 g/mol. The van der Waals surface area contributed by atoms with Crippen LogP contribution < -0.4 is 15.4 Å². The molecule has 0 aromatic heterocycles. The molecule has 0 fully saturated rings. The highest BCUT2D eigenvalue weighted by molar-refractivity contribution is 7.92. The van der Waals surface area contributed by atoms with Crippen molar-refractivity contribution in [2.24, 2.45) is 5.73 Å². The van der Waals surface area contributed by atoms with Crippen LogP contribution in [0.25, 0.3) is 0 Å². The summed E-state index contributed by atoms with van der Waals surface area (Å²) in [5.74, 6) is -1.04. The molecule has 0 heterocycles. The summed E-state index contributed by atoms with van der Waals surface area (Å²) in [7, 11) is -3.67. The van der Waals surface area contributed by atoms with Crippen molar-refractivity contribution in [3.63, 3.8) is 0 Å². The van der Waals surface area contributed by atoms with Crippen LogP contribution in [0, 0.1) is 0 Å². The molecule has 0 bridgehead atoms. The molecule has 0 aliphatic heterocycles. The number of nitrogens with one attached hydrogen (secondary N) is 1. The number of hydrogen-bond acceptors (Lipinski definition) is 4. The Bertz CT molecular complexity index is 1260. The Morgan fingerprint density at radius 2 is 1.53 bits per heavy atom. The molecule has 166 valence electrons. The topological polar surface area (TPSA) is 110 Å². The van der Waals surface area contributed by atoms with Crippen LogP contribution >= 0.6 is 23.2 Å². The van der Waals surface area contributed by atoms with Gasteiger partial charge in [0.15, 0.2) is 0 Å². The molecule has 3 rings (SSSR count). The van der Waals surface area contributed by atoms with E-state index in [0.717, 1.165) is 10.6 Å². The monoisotopic (exact) mass is 491 g/mol. The second kappa shape index (κ2) is 9.60. The normalized spacial score (nSPS) is 11.1. The fourth-order valence-electron chi connectivity index (χ4n) is 2.96. The fraction of sp³-hybridized carbons (Fsp3) is 0.0909. The number of rotatable bonds is 7. The SMILES string of the molecule is CS(=O)(=O)N(Cc1c(Cl)cccc1Cl)c1ccc(C(=O)Nc2cccc(C(N)=O)c2)cc1. The zero-order valence-corrected chi connectivity index (χ0v) is 19.2. The third-order valence-electron chi connectivity index (χ3n) is 4.59. The first-order valence-corrected chi connectivity index (χ1v) is 11.9. The third-order valence-corrected chi connectivity index (χ3v) is 6.43. The summed E-state index contributed by atoms with van der Waals surface area (Å²) < 4.78 is 26.0. The van der Waals surface area contributed by atoms with Gasteiger partial charge in [0.1, 0.15) is 0 Å². The number of benzene rings is 3. The van der Waals surface area contributed by atoms with Gasteiger partial charge in [0, 0.05) is 32.4 Å². The van der Waals surface area contributed by atoms with Crippen molar-refractivity contribution in [2.75, 3.05) is 15.9 Å². The molecule has 10 heteroatoms. The lowest BCUT2D eigenvalue weighted by Crippen LogP contribution is -2.29. The molecule has 7 nitrogen and oxygen atoms in total. The van der Waals surface area contributed by atoms with E-state index in [4.69, 9.17) is 28.9 Å². The van der Waals surface area contributed by atoms with E-state index in [9.17, 15) is 18.0 Å². The van der Waals surface area contributed by atoms with E-state index in [2.05, 4.69) is 5.32 Å². The van der Waals surface area contributed by atoms with Crippen LogP contribution in [-0.4, -0.2) is 26.5 Å². The van der Waals surface area contributed by atoms with Crippen LogP contribution in [0.4, 0.5) is 11.4 Å². The minimum absolute atomic E-state index is 0.0667. The predicted octanol–water partition coefficient (Wildman–Crippen LogP) is 4.31. The summed E-state index contributed by atoms with van der Waals surface area (Å²) in [6, 6.07) is 17.2. The number of hydrogen-bond donors (Lipinski definition) is 2. The molecule has 0 radical (unpaired) electrons. The molecule has 3 aromatic carbocycles. The van der Waals surface area contributed by atoms with Crippen molar-refractivity contribution in [1.82, 2.24) is 0 Å². The zero-order valence-electron chi connectivity index (χ0n) is 16.9. The van der Waals surface area contributed by atoms with Gasteiger partial charge in [0.25, 0.3) is 5.91 Å². The van der Waals surface area contributed by atoms with E-state index in [1.165, 1.54) is 36.4 Å². The van der Waals surface area contributed by atoms with Gasteiger partial charge < -0.3 is 11.1 Å². The summed E-state index contributed by atoms with van der Waals surface area (Å²) in [4.78, 5) is 23.9. The Morgan fingerprint density at radius 1 is 0.938 bits per heavy atom. The molecule has 0 unspecified atom stereocenters. The lowest BCUT2D eigenvalue weighted by Gasteiger charge is -2.23. The number of primary amides is 1. The molecule has 0 saturated heterocycles. The number of nitrogens with zero attached hydrogens (tertiary/aromatic N) is 1. The number of amides is 2. The number of nitrogens with two attached hydrogens (primary N) is 1. The van der Waals surface area contributed by atoms with E-state index in [1.807, 2.05) is 0 Å². The van der Waals surface area contributed by atoms with Gasteiger partial charge in [0.2, 0.25) is 15.9 Å². The molecule has 0 spiro atoms. The molecular formula is C22H19Cl2N3O4S. The maximum Gasteiger partial charge on any atom is 0.255 e. The Balaban J connectivity index is 1.84. The van der Waals surface area contributed by atoms with Gasteiger partial charge in [-0.3, -0.25) is 13.9 Å². The van der Waals surface area contributed by atoms with E-state index in [-0.39, 0.29) is 12.1 Å². The van der Waals surface area contributed by atoms with Crippen LogP contribution in [0.1, 0.15) is 26.3 Å². The highest BCUT2D eigenvalue weighted by atomic mass is 35.5. The average Bonchev–Trinajstić information content (AvgIpc) is 2.73.